The van der Waals surface area contributed by atoms with Crippen molar-refractivity contribution in [1.82, 2.24) is 0 Å². The van der Waals surface area contributed by atoms with E-state index in [9.17, 15) is 0 Å². The van der Waals surface area contributed by atoms with Crippen LogP contribution < -0.4 is 10.5 Å². The van der Waals surface area contributed by atoms with Gasteiger partial charge in [0.1, 0.15) is 17.3 Å². The Kier molecular flexibility index (Phi) is 4.42. The summed E-state index contributed by atoms with van der Waals surface area (Å²) in [4.78, 5) is 4.14. The summed E-state index contributed by atoms with van der Waals surface area (Å²) in [5.41, 5.74) is 7.53. The van der Waals surface area contributed by atoms with Gasteiger partial charge in [0.05, 0.1) is 11.6 Å². The number of hydrogen-bond donors (Lipinski definition) is 1. The third kappa shape index (κ3) is 4.00. The number of benzene rings is 2. The van der Waals surface area contributed by atoms with E-state index in [4.69, 9.17) is 22.1 Å². The lowest BCUT2D eigenvalue weighted by Crippen LogP contribution is -2.12. The predicted octanol–water partition coefficient (Wildman–Crippen LogP) is 4.01. The zero-order valence-electron chi connectivity index (χ0n) is 10.6. The molecule has 4 heteroatoms. The molecule has 2 N–H and O–H groups in total. The lowest BCUT2D eigenvalue weighted by molar-refractivity contribution is 0.482. The van der Waals surface area contributed by atoms with Gasteiger partial charge in [-0.1, -0.05) is 17.7 Å². The Morgan fingerprint density at radius 2 is 1.58 bits per heavy atom. The predicted molar refractivity (Wildman–Crippen MR) is 79.7 cm³/mol. The highest BCUT2D eigenvalue weighted by Gasteiger charge is 1.98. The second-order valence-corrected chi connectivity index (χ2v) is 4.41. The fourth-order valence-corrected chi connectivity index (χ4v) is 1.59. The first-order chi connectivity index (χ1) is 9.17. The third-order valence-electron chi connectivity index (χ3n) is 2.50. The lowest BCUT2D eigenvalue weighted by atomic mass is 10.2. The molecule has 2 rings (SSSR count). The molecule has 0 bridgehead atoms. The Hall–Kier alpha value is -2.00. The number of aliphatic imine (C=N–C) groups is 1. The summed E-state index contributed by atoms with van der Waals surface area (Å²) >= 11 is 5.57. The van der Waals surface area contributed by atoms with Crippen LogP contribution in [0.1, 0.15) is 5.56 Å². The molecule has 0 aliphatic carbocycles. The van der Waals surface area contributed by atoms with E-state index < -0.39 is 0 Å². The van der Waals surface area contributed by atoms with Crippen LogP contribution in [0.5, 0.6) is 11.5 Å². The number of ether oxygens (including phenoxy) is 1. The van der Waals surface area contributed by atoms with Gasteiger partial charge in [-0.3, -0.25) is 0 Å². The van der Waals surface area contributed by atoms with Gasteiger partial charge in [-0.05, 0) is 43.3 Å². The van der Waals surface area contributed by atoms with Gasteiger partial charge in [0.25, 0.3) is 0 Å². The fraction of sp³-hybridized carbons (Fsp3) is 0.133. The smallest absolute Gasteiger partial charge is 0.127 e. The molecule has 0 aliphatic heterocycles. The van der Waals surface area contributed by atoms with Crippen LogP contribution in [0, 0.1) is 6.92 Å². The molecule has 0 aromatic heterocycles. The number of aryl methyl sites for hydroxylation is 1. The molecule has 2 aromatic carbocycles. The average molecular weight is 275 g/mol. The molecule has 0 spiro atoms. The van der Waals surface area contributed by atoms with Crippen molar-refractivity contribution < 1.29 is 4.74 Å². The monoisotopic (exact) mass is 274 g/mol. The van der Waals surface area contributed by atoms with E-state index in [1.807, 2.05) is 55.5 Å². The van der Waals surface area contributed by atoms with Gasteiger partial charge in [0.15, 0.2) is 0 Å². The van der Waals surface area contributed by atoms with Crippen molar-refractivity contribution in [3.8, 4) is 11.5 Å². The van der Waals surface area contributed by atoms with Crippen molar-refractivity contribution in [1.29, 1.82) is 0 Å². The van der Waals surface area contributed by atoms with E-state index in [-0.39, 0.29) is 5.88 Å². The van der Waals surface area contributed by atoms with E-state index in [0.717, 1.165) is 17.2 Å². The standard InChI is InChI=1S/C15H15ClN2O/c1-11-2-6-13(7-3-11)19-14-8-4-12(5-9-14)18-15(17)10-16/h2-9H,10H2,1H3,(H2,17,18). The Morgan fingerprint density at radius 1 is 1.05 bits per heavy atom. The van der Waals surface area contributed by atoms with Crippen LogP contribution >= 0.6 is 11.6 Å². The number of alkyl halides is 1. The van der Waals surface area contributed by atoms with Crippen LogP contribution in [-0.4, -0.2) is 11.7 Å². The number of halogens is 1. The van der Waals surface area contributed by atoms with Crippen molar-refractivity contribution in [2.24, 2.45) is 10.7 Å². The van der Waals surface area contributed by atoms with Crippen molar-refractivity contribution in [2.45, 2.75) is 6.92 Å². The van der Waals surface area contributed by atoms with Crippen LogP contribution in [0.25, 0.3) is 0 Å². The normalized spacial score (nSPS) is 11.4. The Morgan fingerprint density at radius 3 is 2.11 bits per heavy atom. The average Bonchev–Trinajstić information content (AvgIpc) is 2.43. The van der Waals surface area contributed by atoms with Gasteiger partial charge in [-0.15, -0.1) is 11.6 Å². The molecule has 19 heavy (non-hydrogen) atoms. The zero-order valence-corrected chi connectivity index (χ0v) is 11.4. The Bertz CT molecular complexity index is 562. The molecular formula is C15H15ClN2O. The molecule has 0 fully saturated rings. The summed E-state index contributed by atoms with van der Waals surface area (Å²) in [5.74, 6) is 2.19. The van der Waals surface area contributed by atoms with Crippen LogP contribution in [-0.2, 0) is 0 Å². The summed E-state index contributed by atoms with van der Waals surface area (Å²) in [6, 6.07) is 15.3. The molecular weight excluding hydrogens is 260 g/mol. The second kappa shape index (κ2) is 6.25. The van der Waals surface area contributed by atoms with E-state index >= 15 is 0 Å². The third-order valence-corrected chi connectivity index (χ3v) is 2.78. The minimum atomic E-state index is 0.224. The van der Waals surface area contributed by atoms with Gasteiger partial charge < -0.3 is 10.5 Å². The van der Waals surface area contributed by atoms with E-state index in [1.165, 1.54) is 5.56 Å². The molecule has 98 valence electrons. The van der Waals surface area contributed by atoms with Crippen LogP contribution in [0.4, 0.5) is 5.69 Å². The molecule has 2 aromatic rings. The summed E-state index contributed by atoms with van der Waals surface area (Å²) in [6.07, 6.45) is 0. The molecule has 0 saturated heterocycles. The molecule has 3 nitrogen and oxygen atoms in total. The molecule has 0 atom stereocenters. The van der Waals surface area contributed by atoms with Gasteiger partial charge in [-0.25, -0.2) is 4.99 Å². The highest BCUT2D eigenvalue weighted by Crippen LogP contribution is 2.24. The number of nitrogens with two attached hydrogens (primary N) is 1. The maximum Gasteiger partial charge on any atom is 0.127 e. The van der Waals surface area contributed by atoms with E-state index in [0.29, 0.717) is 5.84 Å². The maximum absolute atomic E-state index is 5.71. The van der Waals surface area contributed by atoms with Gasteiger partial charge in [-0.2, -0.15) is 0 Å². The topological polar surface area (TPSA) is 47.6 Å². The van der Waals surface area contributed by atoms with E-state index in [2.05, 4.69) is 4.99 Å². The molecule has 0 aliphatic rings. The van der Waals surface area contributed by atoms with Crippen LogP contribution in [0.15, 0.2) is 53.5 Å². The van der Waals surface area contributed by atoms with Gasteiger partial charge in [0, 0.05) is 0 Å². The summed E-state index contributed by atoms with van der Waals surface area (Å²) in [6.45, 7) is 2.04. The Balaban J connectivity index is 2.08. The van der Waals surface area contributed by atoms with Gasteiger partial charge in [0.2, 0.25) is 0 Å². The zero-order chi connectivity index (χ0) is 13.7. The number of hydrogen-bond acceptors (Lipinski definition) is 2. The highest BCUT2D eigenvalue weighted by molar-refractivity contribution is 6.28. The number of nitrogens with zero attached hydrogens (tertiary/aromatic N) is 1. The van der Waals surface area contributed by atoms with E-state index in [1.54, 1.807) is 0 Å². The quantitative estimate of drug-likeness (QED) is 0.520. The number of rotatable bonds is 4. The lowest BCUT2D eigenvalue weighted by Gasteiger charge is -2.06. The minimum absolute atomic E-state index is 0.224. The highest BCUT2D eigenvalue weighted by atomic mass is 35.5. The first-order valence-corrected chi connectivity index (χ1v) is 6.44. The summed E-state index contributed by atoms with van der Waals surface area (Å²) < 4.78 is 5.71. The van der Waals surface area contributed by atoms with Gasteiger partial charge >= 0.3 is 0 Å². The first kappa shape index (κ1) is 13.4. The largest absolute Gasteiger partial charge is 0.457 e. The van der Waals surface area contributed by atoms with Crippen molar-refractivity contribution in [3.05, 3.63) is 54.1 Å². The molecule has 0 unspecified atom stereocenters. The second-order valence-electron chi connectivity index (χ2n) is 4.15. The van der Waals surface area contributed by atoms with Crippen molar-refractivity contribution in [2.75, 3.05) is 5.88 Å². The fourth-order valence-electron chi connectivity index (χ4n) is 1.53. The van der Waals surface area contributed by atoms with Crippen LogP contribution in [0.2, 0.25) is 0 Å². The summed E-state index contributed by atoms with van der Waals surface area (Å²) in [7, 11) is 0. The van der Waals surface area contributed by atoms with Crippen molar-refractivity contribution in [3.63, 3.8) is 0 Å². The van der Waals surface area contributed by atoms with Crippen LogP contribution in [0.3, 0.4) is 0 Å². The van der Waals surface area contributed by atoms with Crippen molar-refractivity contribution >= 4 is 23.1 Å². The molecule has 0 radical (unpaired) electrons. The molecule has 0 amide bonds. The Labute approximate surface area is 117 Å². The maximum atomic E-state index is 5.71. The summed E-state index contributed by atoms with van der Waals surface area (Å²) in [5, 5.41) is 0. The minimum Gasteiger partial charge on any atom is -0.457 e. The number of amidine groups is 1. The molecule has 0 heterocycles. The molecule has 0 saturated carbocycles. The first-order valence-electron chi connectivity index (χ1n) is 5.91. The SMILES string of the molecule is Cc1ccc(Oc2ccc(N=C(N)CCl)cc2)cc1.